The van der Waals surface area contributed by atoms with Crippen LogP contribution in [0.25, 0.3) is 5.69 Å². The van der Waals surface area contributed by atoms with Crippen molar-refractivity contribution in [3.63, 3.8) is 0 Å². The van der Waals surface area contributed by atoms with E-state index in [4.69, 9.17) is 11.6 Å². The van der Waals surface area contributed by atoms with Crippen molar-refractivity contribution in [2.75, 3.05) is 0 Å². The molecule has 0 saturated heterocycles. The molecule has 0 aliphatic rings. The Hall–Kier alpha value is -2.40. The van der Waals surface area contributed by atoms with E-state index in [0.29, 0.717) is 11.6 Å². The second-order valence-corrected chi connectivity index (χ2v) is 5.24. The summed E-state index contributed by atoms with van der Waals surface area (Å²) in [6, 6.07) is 10.8. The van der Waals surface area contributed by atoms with Crippen LogP contribution in [0.1, 0.15) is 11.3 Å². The van der Waals surface area contributed by atoms with Crippen molar-refractivity contribution in [1.82, 2.24) is 19.6 Å². The molecule has 0 unspecified atom stereocenters. The summed E-state index contributed by atoms with van der Waals surface area (Å²) in [7, 11) is 0. The summed E-state index contributed by atoms with van der Waals surface area (Å²) in [6.45, 7) is 2.29. The van der Waals surface area contributed by atoms with Crippen LogP contribution in [0.3, 0.4) is 0 Å². The maximum atomic E-state index is 11.9. The first-order valence-electron chi connectivity index (χ1n) is 6.46. The van der Waals surface area contributed by atoms with Gasteiger partial charge in [0.25, 0.3) is 5.56 Å². The van der Waals surface area contributed by atoms with E-state index < -0.39 is 0 Å². The van der Waals surface area contributed by atoms with Crippen molar-refractivity contribution in [3.8, 4) is 5.69 Å². The van der Waals surface area contributed by atoms with Gasteiger partial charge in [-0.25, -0.2) is 4.68 Å². The number of benzene rings is 1. The van der Waals surface area contributed by atoms with Crippen LogP contribution >= 0.6 is 11.6 Å². The highest BCUT2D eigenvalue weighted by molar-refractivity contribution is 6.30. The molecule has 0 aliphatic carbocycles. The summed E-state index contributed by atoms with van der Waals surface area (Å²) in [5.41, 5.74) is 2.49. The van der Waals surface area contributed by atoms with Crippen LogP contribution in [0, 0.1) is 6.92 Å². The number of pyridine rings is 1. The molecule has 0 atom stereocenters. The number of aromatic nitrogens is 4. The number of hydrogen-bond acceptors (Lipinski definition) is 3. The molecule has 106 valence electrons. The lowest BCUT2D eigenvalue weighted by Gasteiger charge is -2.02. The highest BCUT2D eigenvalue weighted by Gasteiger charge is 2.05. The largest absolute Gasteiger partial charge is 0.309 e. The molecule has 0 saturated carbocycles. The summed E-state index contributed by atoms with van der Waals surface area (Å²) < 4.78 is 3.26. The van der Waals surface area contributed by atoms with Crippen LogP contribution in [0.5, 0.6) is 0 Å². The topological polar surface area (TPSA) is 52.7 Å². The Morgan fingerprint density at radius 3 is 2.67 bits per heavy atom. The van der Waals surface area contributed by atoms with Gasteiger partial charge in [0, 0.05) is 17.3 Å². The fourth-order valence-electron chi connectivity index (χ4n) is 2.00. The molecule has 1 aromatic carbocycles. The van der Waals surface area contributed by atoms with E-state index in [0.717, 1.165) is 16.9 Å². The molecule has 0 spiro atoms. The first-order valence-corrected chi connectivity index (χ1v) is 6.84. The molecule has 0 amide bonds. The Bertz CT molecular complexity index is 820. The Morgan fingerprint density at radius 1 is 1.19 bits per heavy atom. The van der Waals surface area contributed by atoms with E-state index >= 15 is 0 Å². The SMILES string of the molecule is Cc1ccn(Cc2cn(-c3ccc(Cl)cc3)nn2)c(=O)c1. The van der Waals surface area contributed by atoms with Gasteiger partial charge in [-0.15, -0.1) is 5.10 Å². The van der Waals surface area contributed by atoms with E-state index in [-0.39, 0.29) is 5.56 Å². The molecule has 6 heteroatoms. The lowest BCUT2D eigenvalue weighted by Crippen LogP contribution is -2.19. The van der Waals surface area contributed by atoms with Gasteiger partial charge in [-0.1, -0.05) is 16.8 Å². The van der Waals surface area contributed by atoms with E-state index in [9.17, 15) is 4.79 Å². The Balaban J connectivity index is 1.85. The number of hydrogen-bond donors (Lipinski definition) is 0. The quantitative estimate of drug-likeness (QED) is 0.746. The first kappa shape index (κ1) is 13.6. The number of nitrogens with zero attached hydrogens (tertiary/aromatic N) is 4. The molecule has 0 bridgehead atoms. The van der Waals surface area contributed by atoms with Gasteiger partial charge in [0.05, 0.1) is 18.4 Å². The zero-order chi connectivity index (χ0) is 14.8. The molecule has 0 radical (unpaired) electrons. The lowest BCUT2D eigenvalue weighted by molar-refractivity contribution is 0.729. The number of aryl methyl sites for hydroxylation is 1. The van der Waals surface area contributed by atoms with Gasteiger partial charge in [-0.2, -0.15) is 0 Å². The Kier molecular flexibility index (Phi) is 3.58. The third-order valence-electron chi connectivity index (χ3n) is 3.12. The zero-order valence-electron chi connectivity index (χ0n) is 11.4. The molecule has 2 aromatic heterocycles. The van der Waals surface area contributed by atoms with Crippen LogP contribution < -0.4 is 5.56 Å². The van der Waals surface area contributed by atoms with Crippen molar-refractivity contribution >= 4 is 11.6 Å². The van der Waals surface area contributed by atoms with Gasteiger partial charge in [-0.05, 0) is 42.8 Å². The third kappa shape index (κ3) is 3.03. The monoisotopic (exact) mass is 300 g/mol. The summed E-state index contributed by atoms with van der Waals surface area (Å²) in [6.07, 6.45) is 3.56. The summed E-state index contributed by atoms with van der Waals surface area (Å²) in [5.74, 6) is 0. The molecular formula is C15H13ClN4O. The smallest absolute Gasteiger partial charge is 0.251 e. The minimum absolute atomic E-state index is 0.0453. The van der Waals surface area contributed by atoms with Gasteiger partial charge in [0.15, 0.2) is 0 Å². The molecule has 0 N–H and O–H groups in total. The van der Waals surface area contributed by atoms with Crippen LogP contribution in [0.15, 0.2) is 53.6 Å². The molecule has 3 rings (SSSR count). The molecule has 3 aromatic rings. The van der Waals surface area contributed by atoms with Crippen molar-refractivity contribution in [3.05, 3.63) is 75.4 Å². The average Bonchev–Trinajstić information content (AvgIpc) is 2.91. The van der Waals surface area contributed by atoms with Crippen LogP contribution in [-0.4, -0.2) is 19.6 Å². The predicted molar refractivity (Wildman–Crippen MR) is 80.9 cm³/mol. The van der Waals surface area contributed by atoms with Gasteiger partial charge >= 0.3 is 0 Å². The van der Waals surface area contributed by atoms with Gasteiger partial charge in [-0.3, -0.25) is 4.79 Å². The highest BCUT2D eigenvalue weighted by Crippen LogP contribution is 2.12. The second kappa shape index (κ2) is 5.54. The summed E-state index contributed by atoms with van der Waals surface area (Å²) >= 11 is 5.86. The zero-order valence-corrected chi connectivity index (χ0v) is 12.2. The Morgan fingerprint density at radius 2 is 1.95 bits per heavy atom. The van der Waals surface area contributed by atoms with E-state index in [1.165, 1.54) is 0 Å². The molecule has 0 aliphatic heterocycles. The van der Waals surface area contributed by atoms with E-state index in [1.54, 1.807) is 39.8 Å². The Labute approximate surface area is 126 Å². The second-order valence-electron chi connectivity index (χ2n) is 4.80. The average molecular weight is 301 g/mol. The standard InChI is InChI=1S/C15H13ClN4O/c1-11-6-7-19(15(21)8-11)9-13-10-20(18-17-13)14-4-2-12(16)3-5-14/h2-8,10H,9H2,1H3. The van der Waals surface area contributed by atoms with Crippen molar-refractivity contribution in [2.24, 2.45) is 0 Å². The molecule has 0 fully saturated rings. The normalized spacial score (nSPS) is 10.8. The molecular weight excluding hydrogens is 288 g/mol. The van der Waals surface area contributed by atoms with Crippen molar-refractivity contribution in [2.45, 2.75) is 13.5 Å². The minimum Gasteiger partial charge on any atom is -0.309 e. The number of rotatable bonds is 3. The summed E-state index contributed by atoms with van der Waals surface area (Å²) in [4.78, 5) is 11.9. The maximum absolute atomic E-state index is 11.9. The van der Waals surface area contributed by atoms with Crippen molar-refractivity contribution in [1.29, 1.82) is 0 Å². The molecule has 21 heavy (non-hydrogen) atoms. The highest BCUT2D eigenvalue weighted by atomic mass is 35.5. The van der Waals surface area contributed by atoms with Crippen LogP contribution in [-0.2, 0) is 6.54 Å². The predicted octanol–water partition coefficient (Wildman–Crippen LogP) is 2.44. The van der Waals surface area contributed by atoms with Crippen LogP contribution in [0.4, 0.5) is 0 Å². The summed E-state index contributed by atoms with van der Waals surface area (Å²) in [5, 5.41) is 8.83. The molecule has 2 heterocycles. The van der Waals surface area contributed by atoms with Gasteiger partial charge in [0.2, 0.25) is 0 Å². The third-order valence-corrected chi connectivity index (χ3v) is 3.37. The van der Waals surface area contributed by atoms with Gasteiger partial charge in [0.1, 0.15) is 5.69 Å². The first-order chi connectivity index (χ1) is 10.1. The maximum Gasteiger partial charge on any atom is 0.251 e. The fourth-order valence-corrected chi connectivity index (χ4v) is 2.13. The van der Waals surface area contributed by atoms with Crippen molar-refractivity contribution < 1.29 is 0 Å². The van der Waals surface area contributed by atoms with Gasteiger partial charge < -0.3 is 4.57 Å². The lowest BCUT2D eigenvalue weighted by atomic mass is 10.3. The fraction of sp³-hybridized carbons (Fsp3) is 0.133. The minimum atomic E-state index is -0.0453. The van der Waals surface area contributed by atoms with E-state index in [1.807, 2.05) is 25.1 Å². The number of halogens is 1. The van der Waals surface area contributed by atoms with E-state index in [2.05, 4.69) is 10.3 Å². The molecule has 5 nitrogen and oxygen atoms in total. The van der Waals surface area contributed by atoms with Crippen LogP contribution in [0.2, 0.25) is 5.02 Å².